The minimum atomic E-state index is -0.0929. The molecule has 1 amide bonds. The van der Waals surface area contributed by atoms with Crippen LogP contribution in [0.3, 0.4) is 0 Å². The van der Waals surface area contributed by atoms with Crippen molar-refractivity contribution in [1.29, 1.82) is 0 Å². The monoisotopic (exact) mass is 441 g/mol. The molecule has 0 aromatic heterocycles. The summed E-state index contributed by atoms with van der Waals surface area (Å²) in [5, 5.41) is 0. The average molecular weight is 442 g/mol. The third-order valence-electron chi connectivity index (χ3n) is 4.23. The summed E-state index contributed by atoms with van der Waals surface area (Å²) in [6.45, 7) is 5.12. The number of methoxy groups -OCH3 is 1. The molecule has 1 fully saturated rings. The van der Waals surface area contributed by atoms with Crippen molar-refractivity contribution in [3.8, 4) is 17.2 Å². The molecule has 1 saturated heterocycles. The van der Waals surface area contributed by atoms with Crippen molar-refractivity contribution in [3.05, 3.63) is 71.7 Å². The minimum Gasteiger partial charge on any atom is -0.493 e. The lowest BCUT2D eigenvalue weighted by atomic mass is 10.2. The van der Waals surface area contributed by atoms with Gasteiger partial charge in [0.05, 0.1) is 25.2 Å². The number of nitrogens with zero attached hydrogens (tertiary/aromatic N) is 1. The molecule has 1 aliphatic rings. The van der Waals surface area contributed by atoms with Crippen molar-refractivity contribution in [3.63, 3.8) is 0 Å². The summed E-state index contributed by atoms with van der Waals surface area (Å²) in [5.41, 5.74) is 0.886. The number of hydrogen-bond acceptors (Lipinski definition) is 6. The average Bonchev–Trinajstić information content (AvgIpc) is 3.02. The van der Waals surface area contributed by atoms with Crippen LogP contribution in [0.5, 0.6) is 17.2 Å². The number of thiocarbonyl (C=S) groups is 1. The van der Waals surface area contributed by atoms with Crippen molar-refractivity contribution in [1.82, 2.24) is 4.90 Å². The Morgan fingerprint density at radius 2 is 1.87 bits per heavy atom. The number of benzene rings is 2. The highest BCUT2D eigenvalue weighted by molar-refractivity contribution is 8.26. The Kier molecular flexibility index (Phi) is 7.93. The standard InChI is InChI=1S/C23H23NO4S2/c1-3-12-24-22(25)21(30-23(24)29)16-17-8-6-9-18(15-17)27-13-7-14-28-20-11-5-4-10-19(20)26-2/h3-6,8-11,15-16H,1,7,12-14H2,2H3. The fraction of sp³-hybridized carbons (Fsp3) is 0.217. The fourth-order valence-corrected chi connectivity index (χ4v) is 4.08. The lowest BCUT2D eigenvalue weighted by Gasteiger charge is -2.11. The van der Waals surface area contributed by atoms with E-state index in [0.717, 1.165) is 23.5 Å². The summed E-state index contributed by atoms with van der Waals surface area (Å²) >= 11 is 6.57. The van der Waals surface area contributed by atoms with Gasteiger partial charge < -0.3 is 14.2 Å². The van der Waals surface area contributed by atoms with Crippen LogP contribution in [0.2, 0.25) is 0 Å². The maximum atomic E-state index is 12.4. The number of carbonyl (C=O) groups excluding carboxylic acids is 1. The maximum absolute atomic E-state index is 12.4. The summed E-state index contributed by atoms with van der Waals surface area (Å²) in [7, 11) is 1.62. The highest BCUT2D eigenvalue weighted by Gasteiger charge is 2.30. The van der Waals surface area contributed by atoms with E-state index in [1.165, 1.54) is 11.8 Å². The van der Waals surface area contributed by atoms with Crippen molar-refractivity contribution in [2.75, 3.05) is 26.9 Å². The zero-order chi connectivity index (χ0) is 21.3. The first kappa shape index (κ1) is 21.9. The Bertz CT molecular complexity index is 958. The molecule has 3 rings (SSSR count). The minimum absolute atomic E-state index is 0.0929. The summed E-state index contributed by atoms with van der Waals surface area (Å²) in [4.78, 5) is 14.6. The highest BCUT2D eigenvalue weighted by atomic mass is 32.2. The van der Waals surface area contributed by atoms with Crippen LogP contribution in [0.25, 0.3) is 6.08 Å². The van der Waals surface area contributed by atoms with E-state index in [9.17, 15) is 4.79 Å². The fourth-order valence-electron chi connectivity index (χ4n) is 2.80. The number of ether oxygens (including phenoxy) is 3. The molecular formula is C23H23NO4S2. The molecule has 2 aromatic carbocycles. The summed E-state index contributed by atoms with van der Waals surface area (Å²) in [5.74, 6) is 2.08. The quantitative estimate of drug-likeness (QED) is 0.226. The third kappa shape index (κ3) is 5.64. The molecule has 5 nitrogen and oxygen atoms in total. The van der Waals surface area contributed by atoms with Gasteiger partial charge in [0.2, 0.25) is 0 Å². The van der Waals surface area contributed by atoms with Crippen molar-refractivity contribution < 1.29 is 19.0 Å². The van der Waals surface area contributed by atoms with Crippen LogP contribution >= 0.6 is 24.0 Å². The predicted octanol–water partition coefficient (Wildman–Crippen LogP) is 4.93. The van der Waals surface area contributed by atoms with Crippen molar-refractivity contribution >= 4 is 40.3 Å². The van der Waals surface area contributed by atoms with Gasteiger partial charge in [0.25, 0.3) is 5.91 Å². The van der Waals surface area contributed by atoms with Crippen molar-refractivity contribution in [2.45, 2.75) is 6.42 Å². The lowest BCUT2D eigenvalue weighted by molar-refractivity contribution is -0.121. The Balaban J connectivity index is 1.52. The molecule has 1 aliphatic heterocycles. The molecule has 0 bridgehead atoms. The van der Waals surface area contributed by atoms with Crippen LogP contribution in [0, 0.1) is 0 Å². The first-order valence-corrected chi connectivity index (χ1v) is 10.7. The number of thioether (sulfide) groups is 1. The van der Waals surface area contributed by atoms with E-state index >= 15 is 0 Å². The van der Waals surface area contributed by atoms with E-state index in [2.05, 4.69) is 6.58 Å². The van der Waals surface area contributed by atoms with Crippen LogP contribution in [0.4, 0.5) is 0 Å². The van der Waals surface area contributed by atoms with Crippen LogP contribution in [-0.2, 0) is 4.79 Å². The molecule has 1 heterocycles. The normalized spacial score (nSPS) is 14.8. The number of para-hydroxylation sites is 2. The molecule has 0 unspecified atom stereocenters. The van der Waals surface area contributed by atoms with E-state index in [-0.39, 0.29) is 5.91 Å². The highest BCUT2D eigenvalue weighted by Crippen LogP contribution is 2.32. The largest absolute Gasteiger partial charge is 0.493 e. The van der Waals surface area contributed by atoms with E-state index in [0.29, 0.717) is 34.7 Å². The van der Waals surface area contributed by atoms with Gasteiger partial charge in [-0.1, -0.05) is 54.3 Å². The Morgan fingerprint density at radius 3 is 2.63 bits per heavy atom. The zero-order valence-corrected chi connectivity index (χ0v) is 18.3. The Labute approximate surface area is 186 Å². The third-order valence-corrected chi connectivity index (χ3v) is 5.60. The number of hydrogen-bond donors (Lipinski definition) is 0. The summed E-state index contributed by atoms with van der Waals surface area (Å²) < 4.78 is 17.4. The van der Waals surface area contributed by atoms with Gasteiger partial charge in [-0.25, -0.2) is 0 Å². The van der Waals surface area contributed by atoms with Crippen LogP contribution in [0.15, 0.2) is 66.1 Å². The topological polar surface area (TPSA) is 48.0 Å². The molecule has 2 aromatic rings. The maximum Gasteiger partial charge on any atom is 0.266 e. The van der Waals surface area contributed by atoms with E-state index in [1.807, 2.05) is 54.6 Å². The van der Waals surface area contributed by atoms with Gasteiger partial charge in [0.15, 0.2) is 11.5 Å². The molecular weight excluding hydrogens is 418 g/mol. The van der Waals surface area contributed by atoms with Crippen LogP contribution in [0.1, 0.15) is 12.0 Å². The summed E-state index contributed by atoms with van der Waals surface area (Å²) in [6, 6.07) is 15.2. The molecule has 0 N–H and O–H groups in total. The molecule has 7 heteroatoms. The SMILES string of the molecule is C=CCN1C(=O)C(=Cc2cccc(OCCCOc3ccccc3OC)c2)SC1=S. The van der Waals surface area contributed by atoms with Gasteiger partial charge in [-0.2, -0.15) is 0 Å². The molecule has 30 heavy (non-hydrogen) atoms. The first-order valence-electron chi connectivity index (χ1n) is 9.47. The van der Waals surface area contributed by atoms with E-state index in [4.69, 9.17) is 26.4 Å². The number of rotatable bonds is 10. The molecule has 0 spiro atoms. The predicted molar refractivity (Wildman–Crippen MR) is 125 cm³/mol. The van der Waals surface area contributed by atoms with Gasteiger partial charge in [-0.15, -0.1) is 6.58 Å². The molecule has 156 valence electrons. The second-order valence-corrected chi connectivity index (χ2v) is 8.03. The number of carbonyl (C=O) groups is 1. The summed E-state index contributed by atoms with van der Waals surface area (Å²) in [6.07, 6.45) is 4.22. The second-order valence-electron chi connectivity index (χ2n) is 6.35. The smallest absolute Gasteiger partial charge is 0.266 e. The Hall–Kier alpha value is -2.77. The molecule has 0 atom stereocenters. The van der Waals surface area contributed by atoms with E-state index in [1.54, 1.807) is 18.1 Å². The van der Waals surface area contributed by atoms with Gasteiger partial charge in [0, 0.05) is 13.0 Å². The van der Waals surface area contributed by atoms with Gasteiger partial charge in [0.1, 0.15) is 10.1 Å². The lowest BCUT2D eigenvalue weighted by Crippen LogP contribution is -2.27. The van der Waals surface area contributed by atoms with Crippen LogP contribution in [-0.4, -0.2) is 42.0 Å². The molecule has 0 aliphatic carbocycles. The van der Waals surface area contributed by atoms with Gasteiger partial charge in [-0.05, 0) is 35.9 Å². The zero-order valence-electron chi connectivity index (χ0n) is 16.7. The van der Waals surface area contributed by atoms with Gasteiger partial charge in [-0.3, -0.25) is 9.69 Å². The Morgan fingerprint density at radius 1 is 1.10 bits per heavy atom. The number of amides is 1. The van der Waals surface area contributed by atoms with Gasteiger partial charge >= 0.3 is 0 Å². The first-order chi connectivity index (χ1) is 14.6. The molecule has 0 radical (unpaired) electrons. The molecule has 0 saturated carbocycles. The second kappa shape index (κ2) is 10.8. The van der Waals surface area contributed by atoms with Crippen LogP contribution < -0.4 is 14.2 Å². The van der Waals surface area contributed by atoms with E-state index < -0.39 is 0 Å². The van der Waals surface area contributed by atoms with Crippen molar-refractivity contribution in [2.24, 2.45) is 0 Å².